The predicted octanol–water partition coefficient (Wildman–Crippen LogP) is 4.33. The van der Waals surface area contributed by atoms with Gasteiger partial charge in [-0.3, -0.25) is 5.43 Å². The first-order valence-electron chi connectivity index (χ1n) is 6.44. The lowest BCUT2D eigenvalue weighted by atomic mass is 10.1. The van der Waals surface area contributed by atoms with E-state index in [1.54, 1.807) is 28.9 Å². The van der Waals surface area contributed by atoms with Crippen LogP contribution in [0.1, 0.15) is 16.3 Å². The van der Waals surface area contributed by atoms with E-state index in [4.69, 9.17) is 0 Å². The molecule has 21 heavy (non-hydrogen) atoms. The minimum atomic E-state index is 0.801. The molecule has 0 amide bonds. The Kier molecular flexibility index (Phi) is 4.08. The fourth-order valence-corrected chi connectivity index (χ4v) is 3.10. The number of aromatic nitrogens is 2. The average Bonchev–Trinajstić information content (AvgIpc) is 3.08. The molecule has 0 spiro atoms. The van der Waals surface area contributed by atoms with E-state index in [1.165, 1.54) is 0 Å². The fraction of sp³-hybridized carbons (Fsp3) is 0.133. The quantitative estimate of drug-likeness (QED) is 0.576. The lowest BCUT2D eigenvalue weighted by molar-refractivity contribution is 1.22. The zero-order valence-electron chi connectivity index (χ0n) is 11.7. The Morgan fingerprint density at radius 3 is 2.76 bits per heavy atom. The lowest BCUT2D eigenvalue weighted by Crippen LogP contribution is -1.90. The van der Waals surface area contributed by atoms with Gasteiger partial charge in [0.05, 0.1) is 22.6 Å². The van der Waals surface area contributed by atoms with Gasteiger partial charge in [0.2, 0.25) is 5.13 Å². The van der Waals surface area contributed by atoms with E-state index in [9.17, 15) is 0 Å². The molecule has 0 unspecified atom stereocenters. The maximum Gasteiger partial charge on any atom is 0.203 e. The molecule has 2 aromatic heterocycles. The highest BCUT2D eigenvalue weighted by Crippen LogP contribution is 2.22. The molecule has 106 valence electrons. The average molecular weight is 314 g/mol. The van der Waals surface area contributed by atoms with E-state index in [0.29, 0.717) is 0 Å². The first kappa shape index (κ1) is 13.9. The van der Waals surface area contributed by atoms with Crippen LogP contribution in [-0.2, 0) is 0 Å². The largest absolute Gasteiger partial charge is 0.253 e. The second kappa shape index (κ2) is 6.15. The second-order valence-electron chi connectivity index (χ2n) is 4.54. The van der Waals surface area contributed by atoms with Gasteiger partial charge in [-0.05, 0) is 25.5 Å². The minimum absolute atomic E-state index is 0.801. The number of anilines is 1. The smallest absolute Gasteiger partial charge is 0.203 e. The number of hydrogen-bond acceptors (Lipinski definition) is 6. The fourth-order valence-electron chi connectivity index (χ4n) is 1.84. The SMILES string of the molecule is Cc1csc(NN=Cc2cccc(-c3csc(C)n3)c2)n1. The first-order valence-corrected chi connectivity index (χ1v) is 8.20. The normalized spacial score (nSPS) is 11.1. The van der Waals surface area contributed by atoms with Crippen molar-refractivity contribution in [3.8, 4) is 11.3 Å². The zero-order valence-corrected chi connectivity index (χ0v) is 13.3. The Balaban J connectivity index is 1.74. The molecule has 0 aliphatic carbocycles. The Morgan fingerprint density at radius 1 is 1.14 bits per heavy atom. The van der Waals surface area contributed by atoms with E-state index >= 15 is 0 Å². The number of benzene rings is 1. The van der Waals surface area contributed by atoms with Crippen molar-refractivity contribution in [3.05, 3.63) is 51.3 Å². The van der Waals surface area contributed by atoms with E-state index in [2.05, 4.69) is 38.0 Å². The van der Waals surface area contributed by atoms with Crippen LogP contribution in [-0.4, -0.2) is 16.2 Å². The molecular formula is C15H14N4S2. The van der Waals surface area contributed by atoms with Gasteiger partial charge in [0.1, 0.15) is 0 Å². The Labute approximate surface area is 131 Å². The summed E-state index contributed by atoms with van der Waals surface area (Å²) in [5.74, 6) is 0. The van der Waals surface area contributed by atoms with Gasteiger partial charge in [-0.2, -0.15) is 5.10 Å². The molecule has 1 aromatic carbocycles. The van der Waals surface area contributed by atoms with Crippen LogP contribution in [0.25, 0.3) is 11.3 Å². The number of nitrogens with one attached hydrogen (secondary N) is 1. The molecule has 4 nitrogen and oxygen atoms in total. The van der Waals surface area contributed by atoms with Crippen LogP contribution < -0.4 is 5.43 Å². The van der Waals surface area contributed by atoms with Crippen LogP contribution in [0.3, 0.4) is 0 Å². The van der Waals surface area contributed by atoms with Crippen molar-refractivity contribution in [2.75, 3.05) is 5.43 Å². The molecule has 0 fully saturated rings. The molecular weight excluding hydrogens is 300 g/mol. The highest BCUT2D eigenvalue weighted by molar-refractivity contribution is 7.13. The molecule has 0 saturated heterocycles. The molecule has 3 rings (SSSR count). The number of aryl methyl sites for hydroxylation is 2. The number of rotatable bonds is 4. The van der Waals surface area contributed by atoms with E-state index in [0.717, 1.165) is 32.7 Å². The van der Waals surface area contributed by atoms with Gasteiger partial charge in [0, 0.05) is 16.3 Å². The molecule has 0 aliphatic heterocycles. The number of hydrogen-bond donors (Lipinski definition) is 1. The van der Waals surface area contributed by atoms with Gasteiger partial charge in [0.15, 0.2) is 0 Å². The van der Waals surface area contributed by atoms with Crippen LogP contribution in [0.2, 0.25) is 0 Å². The monoisotopic (exact) mass is 314 g/mol. The molecule has 0 atom stereocenters. The molecule has 1 N–H and O–H groups in total. The summed E-state index contributed by atoms with van der Waals surface area (Å²) in [5, 5.41) is 10.2. The third-order valence-corrected chi connectivity index (χ3v) is 4.43. The summed E-state index contributed by atoms with van der Waals surface area (Å²) >= 11 is 3.20. The molecule has 0 saturated carbocycles. The van der Waals surface area contributed by atoms with Crippen molar-refractivity contribution in [2.45, 2.75) is 13.8 Å². The van der Waals surface area contributed by atoms with Crippen LogP contribution in [0, 0.1) is 13.8 Å². The van der Waals surface area contributed by atoms with Gasteiger partial charge in [-0.1, -0.05) is 18.2 Å². The summed E-state index contributed by atoms with van der Waals surface area (Å²) in [4.78, 5) is 8.80. The van der Waals surface area contributed by atoms with E-state index in [-0.39, 0.29) is 0 Å². The Bertz CT molecular complexity index is 773. The number of thiazole rings is 2. The summed E-state index contributed by atoms with van der Waals surface area (Å²) in [6.07, 6.45) is 1.79. The summed E-state index contributed by atoms with van der Waals surface area (Å²) in [6.45, 7) is 3.98. The molecule has 0 aliphatic rings. The molecule has 2 heterocycles. The third-order valence-electron chi connectivity index (χ3n) is 2.79. The van der Waals surface area contributed by atoms with Crippen molar-refractivity contribution >= 4 is 34.0 Å². The topological polar surface area (TPSA) is 50.2 Å². The van der Waals surface area contributed by atoms with Crippen LogP contribution in [0.15, 0.2) is 40.1 Å². The van der Waals surface area contributed by atoms with Crippen molar-refractivity contribution in [2.24, 2.45) is 5.10 Å². The number of hydrazone groups is 1. The van der Waals surface area contributed by atoms with Crippen molar-refractivity contribution in [1.82, 2.24) is 9.97 Å². The van der Waals surface area contributed by atoms with Crippen LogP contribution in [0.4, 0.5) is 5.13 Å². The van der Waals surface area contributed by atoms with Gasteiger partial charge in [0.25, 0.3) is 0 Å². The van der Waals surface area contributed by atoms with E-state index < -0.39 is 0 Å². The highest BCUT2D eigenvalue weighted by atomic mass is 32.1. The highest BCUT2D eigenvalue weighted by Gasteiger charge is 2.02. The summed E-state index contributed by atoms with van der Waals surface area (Å²) in [5.41, 5.74) is 7.08. The summed E-state index contributed by atoms with van der Waals surface area (Å²) in [6, 6.07) is 8.16. The summed E-state index contributed by atoms with van der Waals surface area (Å²) in [7, 11) is 0. The molecule has 6 heteroatoms. The van der Waals surface area contributed by atoms with Gasteiger partial charge < -0.3 is 0 Å². The third kappa shape index (κ3) is 3.53. The standard InChI is InChI=1S/C15H14N4S2/c1-10-8-21-15(17-10)19-16-7-12-4-3-5-13(6-12)14-9-20-11(2)18-14/h3-9H,1-2H3,(H,17,19). The summed E-state index contributed by atoms with van der Waals surface area (Å²) < 4.78 is 0. The van der Waals surface area contributed by atoms with Gasteiger partial charge in [-0.25, -0.2) is 9.97 Å². The zero-order chi connectivity index (χ0) is 14.7. The maximum atomic E-state index is 4.50. The number of nitrogens with zero attached hydrogens (tertiary/aromatic N) is 3. The predicted molar refractivity (Wildman–Crippen MR) is 90.4 cm³/mol. The Hall–Kier alpha value is -2.05. The maximum absolute atomic E-state index is 4.50. The first-order chi connectivity index (χ1) is 10.2. The minimum Gasteiger partial charge on any atom is -0.253 e. The van der Waals surface area contributed by atoms with Crippen molar-refractivity contribution < 1.29 is 0 Å². The molecule has 0 radical (unpaired) electrons. The van der Waals surface area contributed by atoms with Crippen molar-refractivity contribution in [1.29, 1.82) is 0 Å². The molecule has 3 aromatic rings. The van der Waals surface area contributed by atoms with E-state index in [1.807, 2.05) is 31.4 Å². The van der Waals surface area contributed by atoms with Crippen LogP contribution in [0.5, 0.6) is 0 Å². The lowest BCUT2D eigenvalue weighted by Gasteiger charge is -1.99. The van der Waals surface area contributed by atoms with Gasteiger partial charge >= 0.3 is 0 Å². The van der Waals surface area contributed by atoms with Gasteiger partial charge in [-0.15, -0.1) is 22.7 Å². The van der Waals surface area contributed by atoms with Crippen molar-refractivity contribution in [3.63, 3.8) is 0 Å². The van der Waals surface area contributed by atoms with Crippen LogP contribution >= 0.6 is 22.7 Å². The molecule has 0 bridgehead atoms. The Morgan fingerprint density at radius 2 is 2.05 bits per heavy atom. The second-order valence-corrected chi connectivity index (χ2v) is 6.46.